The van der Waals surface area contributed by atoms with E-state index in [9.17, 15) is 18.8 Å². The van der Waals surface area contributed by atoms with Crippen LogP contribution in [-0.2, 0) is 11.3 Å². The summed E-state index contributed by atoms with van der Waals surface area (Å²) in [5.41, 5.74) is 1.51. The molecule has 33 heavy (non-hydrogen) atoms. The van der Waals surface area contributed by atoms with Crippen molar-refractivity contribution < 1.29 is 18.7 Å². The molecule has 2 aromatic heterocycles. The van der Waals surface area contributed by atoms with Crippen molar-refractivity contribution in [2.75, 3.05) is 6.61 Å². The number of hydrogen-bond donors (Lipinski definition) is 0. The number of esters is 1. The summed E-state index contributed by atoms with van der Waals surface area (Å²) in [4.78, 5) is 37.6. The van der Waals surface area contributed by atoms with E-state index in [-0.39, 0.29) is 11.5 Å². The van der Waals surface area contributed by atoms with Crippen LogP contribution in [0.1, 0.15) is 58.2 Å². The molecule has 0 amide bonds. The topological polar surface area (TPSA) is 83.2 Å². The molecule has 7 nitrogen and oxygen atoms in total. The lowest BCUT2D eigenvalue weighted by Crippen LogP contribution is -2.26. The summed E-state index contributed by atoms with van der Waals surface area (Å²) in [5, 5.41) is 4.00. The van der Waals surface area contributed by atoms with Crippen molar-refractivity contribution in [2.24, 2.45) is 5.92 Å². The number of hydrogen-bond acceptors (Lipinski definition) is 5. The third-order valence-corrected chi connectivity index (χ3v) is 5.52. The molecule has 0 aliphatic carbocycles. The van der Waals surface area contributed by atoms with Gasteiger partial charge in [0, 0.05) is 35.3 Å². The molecule has 0 saturated carbocycles. The number of benzene rings is 1. The summed E-state index contributed by atoms with van der Waals surface area (Å²) < 4.78 is 22.6. The molecule has 0 bridgehead atoms. The molecule has 0 atom stereocenters. The van der Waals surface area contributed by atoms with Crippen LogP contribution in [0.15, 0.2) is 41.2 Å². The van der Waals surface area contributed by atoms with Gasteiger partial charge in [0.15, 0.2) is 6.61 Å². The van der Waals surface area contributed by atoms with Crippen molar-refractivity contribution in [3.8, 4) is 5.69 Å². The van der Waals surface area contributed by atoms with E-state index in [1.165, 1.54) is 24.3 Å². The Morgan fingerprint density at radius 2 is 1.79 bits per heavy atom. The summed E-state index contributed by atoms with van der Waals surface area (Å²) in [6.07, 6.45) is 0.979. The van der Waals surface area contributed by atoms with Gasteiger partial charge in [0.1, 0.15) is 11.5 Å². The van der Waals surface area contributed by atoms with Crippen LogP contribution in [0.3, 0.4) is 0 Å². The van der Waals surface area contributed by atoms with Gasteiger partial charge in [0.25, 0.3) is 0 Å². The van der Waals surface area contributed by atoms with Gasteiger partial charge in [0.2, 0.25) is 16.9 Å². The number of ether oxygens (including phenoxy) is 1. The highest BCUT2D eigenvalue weighted by molar-refractivity contribution is 6.00. The molecule has 1 aromatic carbocycles. The fourth-order valence-corrected chi connectivity index (χ4v) is 3.65. The van der Waals surface area contributed by atoms with Crippen molar-refractivity contribution >= 4 is 11.8 Å². The molecule has 174 valence electrons. The zero-order valence-corrected chi connectivity index (χ0v) is 19.5. The first-order chi connectivity index (χ1) is 15.6. The monoisotopic (exact) mass is 453 g/mol. The zero-order valence-electron chi connectivity index (χ0n) is 19.5. The predicted molar refractivity (Wildman–Crippen MR) is 123 cm³/mol. The van der Waals surface area contributed by atoms with Crippen LogP contribution in [0.25, 0.3) is 5.69 Å². The smallest absolute Gasteiger partial charge is 0.363 e. The van der Waals surface area contributed by atoms with E-state index in [4.69, 9.17) is 4.74 Å². The maximum absolute atomic E-state index is 14.2. The highest BCUT2D eigenvalue weighted by atomic mass is 19.1. The van der Waals surface area contributed by atoms with Crippen LogP contribution in [-0.4, -0.2) is 32.7 Å². The molecule has 0 aliphatic heterocycles. The number of carbonyl (C=O) groups excluding carboxylic acids is 2. The minimum absolute atomic E-state index is 0.0916. The summed E-state index contributed by atoms with van der Waals surface area (Å²) in [5.74, 6) is -1.43. The zero-order chi connectivity index (χ0) is 24.3. The predicted octanol–water partition coefficient (Wildman–Crippen LogP) is 4.18. The number of aryl methyl sites for hydroxylation is 2. The van der Waals surface area contributed by atoms with Gasteiger partial charge in [-0.25, -0.2) is 13.9 Å². The summed E-state index contributed by atoms with van der Waals surface area (Å²) in [7, 11) is 0. The first kappa shape index (κ1) is 24.1. The fourth-order valence-electron chi connectivity index (χ4n) is 3.65. The lowest BCUT2D eigenvalue weighted by Gasteiger charge is -2.12. The second-order valence-electron chi connectivity index (χ2n) is 8.48. The van der Waals surface area contributed by atoms with Gasteiger partial charge >= 0.3 is 5.97 Å². The van der Waals surface area contributed by atoms with Crippen molar-refractivity contribution in [3.63, 3.8) is 0 Å². The third kappa shape index (κ3) is 5.27. The van der Waals surface area contributed by atoms with Gasteiger partial charge in [-0.05, 0) is 51.3 Å². The average Bonchev–Trinajstić information content (AvgIpc) is 3.04. The number of para-hydroxylation sites is 1. The van der Waals surface area contributed by atoms with Crippen molar-refractivity contribution in [1.29, 1.82) is 0 Å². The Morgan fingerprint density at radius 1 is 1.09 bits per heavy atom. The molecule has 0 saturated heterocycles. The van der Waals surface area contributed by atoms with E-state index >= 15 is 0 Å². The van der Waals surface area contributed by atoms with Gasteiger partial charge in [-0.1, -0.05) is 26.0 Å². The summed E-state index contributed by atoms with van der Waals surface area (Å²) in [6.45, 7) is 9.91. The van der Waals surface area contributed by atoms with Crippen LogP contribution < -0.4 is 5.43 Å². The Labute approximate surface area is 191 Å². The second kappa shape index (κ2) is 9.94. The number of Topliss-reactive ketones (excluding diaryl/α,β-unsaturated/α-hetero) is 1. The molecular weight excluding hydrogens is 425 g/mol. The molecule has 8 heteroatoms. The van der Waals surface area contributed by atoms with Crippen LogP contribution in [0, 0.1) is 32.5 Å². The standard InChI is InChI=1S/C25H28FN3O4/c1-15(2)10-11-28-16(3)12-19(18(28)5)23(31)14-33-25(32)24-22(30)13-17(4)29(27-24)21-9-7-6-8-20(21)26/h6-9,12-13,15H,10-11,14H2,1-5H3. The highest BCUT2D eigenvalue weighted by Crippen LogP contribution is 2.18. The molecule has 0 unspecified atom stereocenters. The number of rotatable bonds is 8. The van der Waals surface area contributed by atoms with Crippen LogP contribution in [0.2, 0.25) is 0 Å². The Hall–Kier alpha value is -3.55. The molecule has 0 fully saturated rings. The van der Waals surface area contributed by atoms with Crippen LogP contribution in [0.4, 0.5) is 4.39 Å². The normalized spacial score (nSPS) is 11.1. The molecule has 3 rings (SSSR count). The Balaban J connectivity index is 1.78. The van der Waals surface area contributed by atoms with Crippen LogP contribution in [0.5, 0.6) is 0 Å². The first-order valence-electron chi connectivity index (χ1n) is 10.8. The van der Waals surface area contributed by atoms with Gasteiger partial charge < -0.3 is 9.30 Å². The molecule has 0 radical (unpaired) electrons. The molecule has 0 aliphatic rings. The van der Waals surface area contributed by atoms with E-state index in [0.717, 1.165) is 29.0 Å². The maximum atomic E-state index is 14.2. The summed E-state index contributed by atoms with van der Waals surface area (Å²) >= 11 is 0. The average molecular weight is 454 g/mol. The van der Waals surface area contributed by atoms with E-state index in [2.05, 4.69) is 23.5 Å². The quantitative estimate of drug-likeness (QED) is 0.377. The van der Waals surface area contributed by atoms with E-state index < -0.39 is 29.5 Å². The number of nitrogens with zero attached hydrogens (tertiary/aromatic N) is 3. The van der Waals surface area contributed by atoms with Gasteiger partial charge in [-0.3, -0.25) is 9.59 Å². The Kier molecular flexibility index (Phi) is 7.26. The molecule has 2 heterocycles. The van der Waals surface area contributed by atoms with Gasteiger partial charge in [0.05, 0.1) is 0 Å². The molecular formula is C25H28FN3O4. The van der Waals surface area contributed by atoms with E-state index in [1.54, 1.807) is 19.1 Å². The molecule has 0 spiro atoms. The largest absolute Gasteiger partial charge is 0.452 e. The van der Waals surface area contributed by atoms with Gasteiger partial charge in [-0.15, -0.1) is 0 Å². The number of aromatic nitrogens is 3. The van der Waals surface area contributed by atoms with E-state index in [1.807, 2.05) is 13.8 Å². The lowest BCUT2D eigenvalue weighted by molar-refractivity contribution is 0.0465. The minimum atomic E-state index is -1.04. The number of carbonyl (C=O) groups is 2. The highest BCUT2D eigenvalue weighted by Gasteiger charge is 2.21. The number of ketones is 1. The number of halogens is 1. The second-order valence-corrected chi connectivity index (χ2v) is 8.48. The molecule has 0 N–H and O–H groups in total. The van der Waals surface area contributed by atoms with Gasteiger partial charge in [-0.2, -0.15) is 5.10 Å². The fraction of sp³-hybridized carbons (Fsp3) is 0.360. The lowest BCUT2D eigenvalue weighted by atomic mass is 10.1. The van der Waals surface area contributed by atoms with Crippen molar-refractivity contribution in [3.05, 3.63) is 80.8 Å². The van der Waals surface area contributed by atoms with E-state index in [0.29, 0.717) is 17.2 Å². The maximum Gasteiger partial charge on any atom is 0.363 e. The summed E-state index contributed by atoms with van der Waals surface area (Å²) in [6, 6.07) is 8.83. The Morgan fingerprint density at radius 3 is 2.45 bits per heavy atom. The van der Waals surface area contributed by atoms with Crippen LogP contribution >= 0.6 is 0 Å². The SMILES string of the molecule is Cc1cc(=O)c(C(=O)OCC(=O)c2cc(C)n(CCC(C)C)c2C)nn1-c1ccccc1F. The minimum Gasteiger partial charge on any atom is -0.452 e. The molecule has 3 aromatic rings. The Bertz CT molecular complexity index is 1260. The van der Waals surface area contributed by atoms with Crippen molar-refractivity contribution in [1.82, 2.24) is 14.3 Å². The third-order valence-electron chi connectivity index (χ3n) is 5.52. The van der Waals surface area contributed by atoms with Crippen molar-refractivity contribution in [2.45, 2.75) is 47.6 Å². The first-order valence-corrected chi connectivity index (χ1v) is 10.8.